The summed E-state index contributed by atoms with van der Waals surface area (Å²) in [5.74, 6) is 1.57. The summed E-state index contributed by atoms with van der Waals surface area (Å²) in [5, 5.41) is 12.6. The van der Waals surface area contributed by atoms with E-state index in [1.54, 1.807) is 8.82 Å². The molecule has 0 unspecified atom stereocenters. The van der Waals surface area contributed by atoms with Crippen LogP contribution < -0.4 is 4.90 Å². The zero-order valence-corrected chi connectivity index (χ0v) is 15.3. The van der Waals surface area contributed by atoms with Crippen molar-refractivity contribution in [2.45, 2.75) is 12.7 Å². The minimum atomic E-state index is -3.31. The number of sulfonamides is 1. The second kappa shape index (κ2) is 6.65. The SMILES string of the molecule is Cc1nnc2ccc(N3CCN(S(=O)(=O)Cc4ccccc4)CC3)nn12. The Morgan fingerprint density at radius 3 is 2.42 bits per heavy atom. The highest BCUT2D eigenvalue weighted by atomic mass is 32.2. The second-order valence-corrected chi connectivity index (χ2v) is 8.31. The molecule has 0 saturated carbocycles. The largest absolute Gasteiger partial charge is 0.353 e. The molecule has 9 heteroatoms. The number of benzene rings is 1. The molecule has 1 fully saturated rings. The molecule has 0 spiro atoms. The fourth-order valence-electron chi connectivity index (χ4n) is 3.13. The maximum absolute atomic E-state index is 12.7. The Morgan fingerprint density at radius 2 is 1.69 bits per heavy atom. The highest BCUT2D eigenvalue weighted by Crippen LogP contribution is 2.18. The van der Waals surface area contributed by atoms with Crippen molar-refractivity contribution in [1.29, 1.82) is 0 Å². The number of piperazine rings is 1. The third-order valence-electron chi connectivity index (χ3n) is 4.55. The summed E-state index contributed by atoms with van der Waals surface area (Å²) < 4.78 is 28.6. The number of aryl methyl sites for hydroxylation is 1. The van der Waals surface area contributed by atoms with E-state index in [1.807, 2.05) is 49.4 Å². The lowest BCUT2D eigenvalue weighted by atomic mass is 10.2. The zero-order chi connectivity index (χ0) is 18.1. The Labute approximate surface area is 152 Å². The van der Waals surface area contributed by atoms with Crippen molar-refractivity contribution in [3.05, 3.63) is 53.9 Å². The predicted octanol–water partition coefficient (Wildman–Crippen LogP) is 1.08. The molecule has 4 rings (SSSR count). The molecule has 0 bridgehead atoms. The van der Waals surface area contributed by atoms with Crippen molar-refractivity contribution in [1.82, 2.24) is 24.1 Å². The molecule has 0 N–H and O–H groups in total. The Balaban J connectivity index is 1.45. The van der Waals surface area contributed by atoms with E-state index in [0.717, 1.165) is 17.2 Å². The Hall–Kier alpha value is -2.52. The second-order valence-electron chi connectivity index (χ2n) is 6.34. The van der Waals surface area contributed by atoms with Crippen LogP contribution in [0.5, 0.6) is 0 Å². The highest BCUT2D eigenvalue weighted by Gasteiger charge is 2.27. The van der Waals surface area contributed by atoms with Gasteiger partial charge in [0.15, 0.2) is 11.5 Å². The summed E-state index contributed by atoms with van der Waals surface area (Å²) in [5.41, 5.74) is 1.51. The first-order valence-corrected chi connectivity index (χ1v) is 10.1. The maximum Gasteiger partial charge on any atom is 0.218 e. The van der Waals surface area contributed by atoms with Crippen molar-refractivity contribution in [2.24, 2.45) is 0 Å². The molecule has 1 aliphatic rings. The van der Waals surface area contributed by atoms with Crippen LogP contribution in [0.3, 0.4) is 0 Å². The molecule has 0 amide bonds. The zero-order valence-electron chi connectivity index (χ0n) is 14.5. The van der Waals surface area contributed by atoms with Crippen LogP contribution in [0.2, 0.25) is 0 Å². The number of nitrogens with zero attached hydrogens (tertiary/aromatic N) is 6. The number of fused-ring (bicyclic) bond motifs is 1. The Kier molecular flexibility index (Phi) is 4.33. The first-order chi connectivity index (χ1) is 12.5. The van der Waals surface area contributed by atoms with Gasteiger partial charge in [-0.15, -0.1) is 15.3 Å². The lowest BCUT2D eigenvalue weighted by Gasteiger charge is -2.34. The molecule has 3 aromatic rings. The minimum absolute atomic E-state index is 0.0396. The van der Waals surface area contributed by atoms with Crippen LogP contribution in [-0.4, -0.2) is 58.7 Å². The van der Waals surface area contributed by atoms with E-state index in [4.69, 9.17) is 0 Å². The van der Waals surface area contributed by atoms with Gasteiger partial charge in [-0.25, -0.2) is 8.42 Å². The van der Waals surface area contributed by atoms with Crippen molar-refractivity contribution in [2.75, 3.05) is 31.1 Å². The number of hydrogen-bond donors (Lipinski definition) is 0. The first kappa shape index (κ1) is 16.9. The number of aromatic nitrogens is 4. The van der Waals surface area contributed by atoms with Crippen LogP contribution in [0.25, 0.3) is 5.65 Å². The molecule has 0 aliphatic carbocycles. The predicted molar refractivity (Wildman–Crippen MR) is 98.4 cm³/mol. The van der Waals surface area contributed by atoms with Crippen molar-refractivity contribution < 1.29 is 8.42 Å². The fourth-order valence-corrected chi connectivity index (χ4v) is 4.64. The summed E-state index contributed by atoms with van der Waals surface area (Å²) in [6.07, 6.45) is 0. The maximum atomic E-state index is 12.7. The van der Waals surface area contributed by atoms with E-state index >= 15 is 0 Å². The molecular formula is C17H20N6O2S. The molecule has 26 heavy (non-hydrogen) atoms. The third-order valence-corrected chi connectivity index (χ3v) is 6.40. The van der Waals surface area contributed by atoms with E-state index in [-0.39, 0.29) is 5.75 Å². The summed E-state index contributed by atoms with van der Waals surface area (Å²) >= 11 is 0. The topological polar surface area (TPSA) is 83.7 Å². The Bertz CT molecular complexity index is 1010. The molecule has 3 heterocycles. The molecule has 1 aliphatic heterocycles. The molecule has 8 nitrogen and oxygen atoms in total. The first-order valence-electron chi connectivity index (χ1n) is 8.49. The van der Waals surface area contributed by atoms with Crippen LogP contribution >= 0.6 is 0 Å². The van der Waals surface area contributed by atoms with Crippen molar-refractivity contribution in [3.63, 3.8) is 0 Å². The van der Waals surface area contributed by atoms with Gasteiger partial charge in [0.05, 0.1) is 5.75 Å². The van der Waals surface area contributed by atoms with Gasteiger partial charge in [0.25, 0.3) is 0 Å². The van der Waals surface area contributed by atoms with Crippen molar-refractivity contribution in [3.8, 4) is 0 Å². The summed E-state index contributed by atoms with van der Waals surface area (Å²) in [7, 11) is -3.31. The minimum Gasteiger partial charge on any atom is -0.353 e. The van der Waals surface area contributed by atoms with Crippen LogP contribution in [0.1, 0.15) is 11.4 Å². The van der Waals surface area contributed by atoms with Gasteiger partial charge in [-0.3, -0.25) is 0 Å². The lowest BCUT2D eigenvalue weighted by Crippen LogP contribution is -2.49. The molecular weight excluding hydrogens is 352 g/mol. The number of anilines is 1. The van der Waals surface area contributed by atoms with Gasteiger partial charge < -0.3 is 4.90 Å². The summed E-state index contributed by atoms with van der Waals surface area (Å²) in [6, 6.07) is 13.1. The third kappa shape index (κ3) is 3.27. The normalized spacial score (nSPS) is 16.3. The molecule has 2 aromatic heterocycles. The number of rotatable bonds is 4. The number of hydrogen-bond acceptors (Lipinski definition) is 6. The van der Waals surface area contributed by atoms with Crippen LogP contribution in [-0.2, 0) is 15.8 Å². The standard InChI is InChI=1S/C17H20N6O2S/c1-14-18-19-16-7-8-17(20-23(14)16)21-9-11-22(12-10-21)26(24,25)13-15-5-3-2-4-6-15/h2-8H,9-13H2,1H3. The monoisotopic (exact) mass is 372 g/mol. The molecule has 0 atom stereocenters. The van der Waals surface area contributed by atoms with Gasteiger partial charge >= 0.3 is 0 Å². The van der Waals surface area contributed by atoms with E-state index in [2.05, 4.69) is 20.2 Å². The smallest absolute Gasteiger partial charge is 0.218 e. The summed E-state index contributed by atoms with van der Waals surface area (Å²) in [4.78, 5) is 2.09. The molecule has 0 radical (unpaired) electrons. The molecule has 1 saturated heterocycles. The molecule has 136 valence electrons. The van der Waals surface area contributed by atoms with Gasteiger partial charge in [-0.2, -0.15) is 8.82 Å². The van der Waals surface area contributed by atoms with Crippen LogP contribution in [0, 0.1) is 6.92 Å². The highest BCUT2D eigenvalue weighted by molar-refractivity contribution is 7.88. The molecule has 1 aromatic carbocycles. The van der Waals surface area contributed by atoms with E-state index < -0.39 is 10.0 Å². The van der Waals surface area contributed by atoms with E-state index in [9.17, 15) is 8.42 Å². The van der Waals surface area contributed by atoms with Crippen LogP contribution in [0.15, 0.2) is 42.5 Å². The quantitative estimate of drug-likeness (QED) is 0.682. The average Bonchev–Trinajstić information content (AvgIpc) is 3.03. The average molecular weight is 372 g/mol. The van der Waals surface area contributed by atoms with Gasteiger partial charge in [0.1, 0.15) is 5.82 Å². The van der Waals surface area contributed by atoms with Crippen LogP contribution in [0.4, 0.5) is 5.82 Å². The Morgan fingerprint density at radius 1 is 0.962 bits per heavy atom. The van der Waals surface area contributed by atoms with Gasteiger partial charge in [0, 0.05) is 26.2 Å². The lowest BCUT2D eigenvalue weighted by molar-refractivity contribution is 0.383. The van der Waals surface area contributed by atoms with Gasteiger partial charge in [-0.1, -0.05) is 30.3 Å². The van der Waals surface area contributed by atoms with Crippen molar-refractivity contribution >= 4 is 21.5 Å². The van der Waals surface area contributed by atoms with E-state index in [1.165, 1.54) is 0 Å². The van der Waals surface area contributed by atoms with Gasteiger partial charge in [-0.05, 0) is 24.6 Å². The van der Waals surface area contributed by atoms with Gasteiger partial charge in [0.2, 0.25) is 10.0 Å². The summed E-state index contributed by atoms with van der Waals surface area (Å²) in [6.45, 7) is 3.97. The fraction of sp³-hybridized carbons (Fsp3) is 0.353. The van der Waals surface area contributed by atoms with E-state index in [0.29, 0.717) is 31.8 Å².